The fraction of sp³-hybridized carbons (Fsp3) is 0.0323. The Morgan fingerprint density at radius 1 is 0.226 bits per heavy atom. The van der Waals surface area contributed by atoms with Gasteiger partial charge < -0.3 is 0 Å². The minimum atomic E-state index is 0. The van der Waals surface area contributed by atoms with Crippen molar-refractivity contribution in [2.45, 2.75) is 7.43 Å². The maximum Gasteiger partial charge on any atom is -0.0178 e. The van der Waals surface area contributed by atoms with Gasteiger partial charge in [-0.15, -0.1) is 0 Å². The first-order chi connectivity index (χ1) is 14.9. The third-order valence-electron chi connectivity index (χ3n) is 5.47. The molecule has 0 fully saturated rings. The van der Waals surface area contributed by atoms with E-state index in [1.165, 1.54) is 44.5 Å². The number of rotatable bonds is 4. The summed E-state index contributed by atoms with van der Waals surface area (Å²) in [5, 5.41) is 0. The van der Waals surface area contributed by atoms with E-state index >= 15 is 0 Å². The maximum absolute atomic E-state index is 2.29. The van der Waals surface area contributed by atoms with Crippen LogP contribution in [-0.4, -0.2) is 0 Å². The molecule has 0 amide bonds. The molecule has 0 bridgehead atoms. The molecule has 5 rings (SSSR count). The average Bonchev–Trinajstić information content (AvgIpc) is 2.85. The molecule has 0 heteroatoms. The molecule has 5 aromatic rings. The highest BCUT2D eigenvalue weighted by molar-refractivity contribution is 5.78. The lowest BCUT2D eigenvalue weighted by atomic mass is 9.95. The zero-order valence-electron chi connectivity index (χ0n) is 16.7. The third kappa shape index (κ3) is 4.49. The van der Waals surface area contributed by atoms with E-state index in [0.717, 1.165) is 0 Å². The van der Waals surface area contributed by atoms with E-state index in [-0.39, 0.29) is 7.43 Å². The van der Waals surface area contributed by atoms with Crippen molar-refractivity contribution in [3.05, 3.63) is 133 Å². The predicted octanol–water partition coefficient (Wildman–Crippen LogP) is 8.99. The average molecular weight is 399 g/mol. The molecule has 0 nitrogen and oxygen atoms in total. The van der Waals surface area contributed by atoms with Gasteiger partial charge in [-0.25, -0.2) is 0 Å². The number of benzene rings is 5. The highest BCUT2D eigenvalue weighted by atomic mass is 14.1. The highest BCUT2D eigenvalue weighted by Crippen LogP contribution is 2.31. The molecule has 0 aliphatic rings. The number of hydrogen-bond acceptors (Lipinski definition) is 0. The largest absolute Gasteiger partial charge is 0.0776 e. The predicted molar refractivity (Wildman–Crippen MR) is 135 cm³/mol. The fourth-order valence-electron chi connectivity index (χ4n) is 3.90. The van der Waals surface area contributed by atoms with E-state index in [0.29, 0.717) is 0 Å². The Balaban J connectivity index is 0.00000231. The van der Waals surface area contributed by atoms with Crippen LogP contribution < -0.4 is 0 Å². The van der Waals surface area contributed by atoms with Crippen LogP contribution in [-0.2, 0) is 0 Å². The van der Waals surface area contributed by atoms with Crippen molar-refractivity contribution in [2.24, 2.45) is 0 Å². The molecular weight excluding hydrogens is 372 g/mol. The minimum Gasteiger partial charge on any atom is -0.0776 e. The van der Waals surface area contributed by atoms with E-state index in [9.17, 15) is 0 Å². The highest BCUT2D eigenvalue weighted by Gasteiger charge is 2.05. The molecule has 0 N–H and O–H groups in total. The van der Waals surface area contributed by atoms with Gasteiger partial charge in [0.2, 0.25) is 0 Å². The minimum absolute atomic E-state index is 0. The Morgan fingerprint density at radius 3 is 0.742 bits per heavy atom. The van der Waals surface area contributed by atoms with Crippen LogP contribution in [0.3, 0.4) is 0 Å². The molecule has 0 heterocycles. The molecule has 0 spiro atoms. The van der Waals surface area contributed by atoms with Crippen molar-refractivity contribution >= 4 is 0 Å². The van der Waals surface area contributed by atoms with Crippen molar-refractivity contribution in [1.82, 2.24) is 0 Å². The quantitative estimate of drug-likeness (QED) is 0.283. The molecule has 0 radical (unpaired) electrons. The Labute approximate surface area is 185 Å². The lowest BCUT2D eigenvalue weighted by Crippen LogP contribution is -1.84. The first-order valence-corrected chi connectivity index (χ1v) is 10.3. The van der Waals surface area contributed by atoms with Crippen molar-refractivity contribution in [2.75, 3.05) is 0 Å². The number of hydrogen-bond donors (Lipinski definition) is 0. The zero-order chi connectivity index (χ0) is 20.2. The maximum atomic E-state index is 2.29. The van der Waals surface area contributed by atoms with Gasteiger partial charge >= 0.3 is 0 Å². The van der Waals surface area contributed by atoms with Crippen LogP contribution >= 0.6 is 0 Å². The summed E-state index contributed by atoms with van der Waals surface area (Å²) in [4.78, 5) is 0. The van der Waals surface area contributed by atoms with Gasteiger partial charge in [0.25, 0.3) is 0 Å². The Bertz CT molecular complexity index is 1170. The summed E-state index contributed by atoms with van der Waals surface area (Å²) in [7, 11) is 0. The lowest BCUT2D eigenvalue weighted by molar-refractivity contribution is 1.56. The van der Waals surface area contributed by atoms with Gasteiger partial charge in [-0.1, -0.05) is 123 Å². The smallest absolute Gasteiger partial charge is 0.0178 e. The van der Waals surface area contributed by atoms with Crippen molar-refractivity contribution < 1.29 is 0 Å². The third-order valence-corrected chi connectivity index (χ3v) is 5.47. The van der Waals surface area contributed by atoms with Crippen LogP contribution in [0.5, 0.6) is 0 Å². The van der Waals surface area contributed by atoms with Crippen molar-refractivity contribution in [1.29, 1.82) is 0 Å². The SMILES string of the molecule is C.c1ccc(-c2cccc(-c3cccc(-c4cccc(-c5ccccc5)c4)c3)c2)cc1. The second-order valence-corrected chi connectivity index (χ2v) is 7.47. The Hall–Kier alpha value is -3.90. The second kappa shape index (κ2) is 9.28. The van der Waals surface area contributed by atoms with E-state index < -0.39 is 0 Å². The van der Waals surface area contributed by atoms with Crippen LogP contribution in [0.4, 0.5) is 0 Å². The first kappa shape index (κ1) is 20.4. The Morgan fingerprint density at radius 2 is 0.452 bits per heavy atom. The van der Waals surface area contributed by atoms with Crippen molar-refractivity contribution in [3.8, 4) is 44.5 Å². The van der Waals surface area contributed by atoms with E-state index in [2.05, 4.69) is 133 Å². The fourth-order valence-corrected chi connectivity index (χ4v) is 3.90. The summed E-state index contributed by atoms with van der Waals surface area (Å²) in [6.07, 6.45) is 0. The lowest BCUT2D eigenvalue weighted by Gasteiger charge is -2.10. The van der Waals surface area contributed by atoms with Crippen LogP contribution in [0.2, 0.25) is 0 Å². The van der Waals surface area contributed by atoms with Gasteiger partial charge in [-0.05, 0) is 62.7 Å². The molecule has 0 aromatic heterocycles. The molecule has 0 aliphatic heterocycles. The molecule has 150 valence electrons. The van der Waals surface area contributed by atoms with E-state index in [1.54, 1.807) is 0 Å². The molecule has 0 saturated carbocycles. The summed E-state index contributed by atoms with van der Waals surface area (Å²) in [6, 6.07) is 47.4. The molecular formula is C31H26. The van der Waals surface area contributed by atoms with Gasteiger partial charge in [0.1, 0.15) is 0 Å². The summed E-state index contributed by atoms with van der Waals surface area (Å²) >= 11 is 0. The second-order valence-electron chi connectivity index (χ2n) is 7.47. The summed E-state index contributed by atoms with van der Waals surface area (Å²) < 4.78 is 0. The topological polar surface area (TPSA) is 0 Å². The molecule has 0 aliphatic carbocycles. The van der Waals surface area contributed by atoms with Crippen LogP contribution in [0.1, 0.15) is 7.43 Å². The van der Waals surface area contributed by atoms with Crippen LogP contribution in [0.25, 0.3) is 44.5 Å². The first-order valence-electron chi connectivity index (χ1n) is 10.3. The molecule has 31 heavy (non-hydrogen) atoms. The molecule has 5 aromatic carbocycles. The van der Waals surface area contributed by atoms with E-state index in [4.69, 9.17) is 0 Å². The molecule has 0 atom stereocenters. The standard InChI is InChI=1S/C30H22.CH4/c1-3-10-23(11-4-1)25-14-7-16-27(20-25)29-18-9-19-30(22-29)28-17-8-15-26(21-28)24-12-5-2-6-13-24;/h1-22H;1H4. The van der Waals surface area contributed by atoms with Crippen molar-refractivity contribution in [3.63, 3.8) is 0 Å². The zero-order valence-corrected chi connectivity index (χ0v) is 16.7. The summed E-state index contributed by atoms with van der Waals surface area (Å²) in [5.41, 5.74) is 9.90. The van der Waals surface area contributed by atoms with Gasteiger partial charge in [-0.2, -0.15) is 0 Å². The van der Waals surface area contributed by atoms with Gasteiger partial charge in [0, 0.05) is 0 Å². The van der Waals surface area contributed by atoms with E-state index in [1.807, 2.05) is 0 Å². The van der Waals surface area contributed by atoms with Crippen LogP contribution in [0, 0.1) is 0 Å². The van der Waals surface area contributed by atoms with Crippen LogP contribution in [0.15, 0.2) is 133 Å². The Kier molecular flexibility index (Phi) is 6.10. The van der Waals surface area contributed by atoms with Gasteiger partial charge in [-0.3, -0.25) is 0 Å². The van der Waals surface area contributed by atoms with Gasteiger partial charge in [0.15, 0.2) is 0 Å². The monoisotopic (exact) mass is 398 g/mol. The normalized spacial score (nSPS) is 10.3. The molecule has 0 saturated heterocycles. The summed E-state index contributed by atoms with van der Waals surface area (Å²) in [6.45, 7) is 0. The molecule has 0 unspecified atom stereocenters. The van der Waals surface area contributed by atoms with Gasteiger partial charge in [0.05, 0.1) is 0 Å². The summed E-state index contributed by atoms with van der Waals surface area (Å²) in [5.74, 6) is 0.